The van der Waals surface area contributed by atoms with Crippen molar-refractivity contribution in [3.63, 3.8) is 0 Å². The molecule has 1 amide bonds. The summed E-state index contributed by atoms with van der Waals surface area (Å²) < 4.78 is 10.5. The van der Waals surface area contributed by atoms with Gasteiger partial charge in [0.1, 0.15) is 23.0 Å². The van der Waals surface area contributed by atoms with Crippen LogP contribution in [0.3, 0.4) is 0 Å². The predicted molar refractivity (Wildman–Crippen MR) is 90.4 cm³/mol. The maximum Gasteiger partial charge on any atom is 0.271 e. The molecule has 1 saturated carbocycles. The van der Waals surface area contributed by atoms with Crippen LogP contribution in [0.15, 0.2) is 24.5 Å². The SMILES string of the molecule is COc1cc(Nc2cnc(C(=O)NC3CC3)cn2)c(OC)cc1Cl. The van der Waals surface area contributed by atoms with Crippen molar-refractivity contribution >= 4 is 29.0 Å². The number of carbonyl (C=O) groups is 1. The van der Waals surface area contributed by atoms with Crippen molar-refractivity contribution in [3.05, 3.63) is 35.2 Å². The average molecular weight is 349 g/mol. The van der Waals surface area contributed by atoms with Gasteiger partial charge in [-0.05, 0) is 12.8 Å². The number of nitrogens with zero attached hydrogens (tertiary/aromatic N) is 2. The van der Waals surface area contributed by atoms with E-state index in [2.05, 4.69) is 20.6 Å². The lowest BCUT2D eigenvalue weighted by atomic mass is 10.2. The molecule has 1 aliphatic carbocycles. The minimum absolute atomic E-state index is 0.206. The van der Waals surface area contributed by atoms with E-state index in [1.54, 1.807) is 19.2 Å². The molecule has 0 saturated heterocycles. The van der Waals surface area contributed by atoms with Crippen LogP contribution in [0.1, 0.15) is 23.3 Å². The summed E-state index contributed by atoms with van der Waals surface area (Å²) in [6.07, 6.45) is 4.97. The lowest BCUT2D eigenvalue weighted by Crippen LogP contribution is -2.26. The summed E-state index contributed by atoms with van der Waals surface area (Å²) in [5.41, 5.74) is 0.913. The highest BCUT2D eigenvalue weighted by Crippen LogP contribution is 2.36. The van der Waals surface area contributed by atoms with Crippen molar-refractivity contribution in [2.45, 2.75) is 18.9 Å². The molecule has 0 spiro atoms. The third-order valence-electron chi connectivity index (χ3n) is 3.53. The fourth-order valence-electron chi connectivity index (χ4n) is 2.09. The molecular weight excluding hydrogens is 332 g/mol. The lowest BCUT2D eigenvalue weighted by molar-refractivity contribution is 0.0945. The van der Waals surface area contributed by atoms with Gasteiger partial charge >= 0.3 is 0 Å². The first-order valence-electron chi connectivity index (χ1n) is 7.42. The zero-order chi connectivity index (χ0) is 17.1. The van der Waals surface area contributed by atoms with Crippen LogP contribution in [0.2, 0.25) is 5.02 Å². The maximum absolute atomic E-state index is 11.9. The molecule has 1 aromatic heterocycles. The van der Waals surface area contributed by atoms with Gasteiger partial charge in [-0.25, -0.2) is 9.97 Å². The van der Waals surface area contributed by atoms with Crippen LogP contribution in [0.4, 0.5) is 11.5 Å². The zero-order valence-corrected chi connectivity index (χ0v) is 14.1. The van der Waals surface area contributed by atoms with E-state index in [4.69, 9.17) is 21.1 Å². The van der Waals surface area contributed by atoms with Crippen LogP contribution in [-0.4, -0.2) is 36.1 Å². The number of hydrogen-bond acceptors (Lipinski definition) is 6. The first-order valence-corrected chi connectivity index (χ1v) is 7.80. The molecule has 7 nitrogen and oxygen atoms in total. The van der Waals surface area contributed by atoms with Gasteiger partial charge in [-0.15, -0.1) is 0 Å². The number of amides is 1. The predicted octanol–water partition coefficient (Wildman–Crippen LogP) is 2.78. The molecule has 126 valence electrons. The maximum atomic E-state index is 11.9. The quantitative estimate of drug-likeness (QED) is 0.835. The number of anilines is 2. The molecule has 0 radical (unpaired) electrons. The molecule has 24 heavy (non-hydrogen) atoms. The summed E-state index contributed by atoms with van der Waals surface area (Å²) in [7, 11) is 3.07. The Bertz CT molecular complexity index is 748. The second-order valence-corrected chi connectivity index (χ2v) is 5.75. The zero-order valence-electron chi connectivity index (χ0n) is 13.3. The van der Waals surface area contributed by atoms with Crippen molar-refractivity contribution in [1.29, 1.82) is 0 Å². The number of aromatic nitrogens is 2. The van der Waals surface area contributed by atoms with Crippen LogP contribution in [0.5, 0.6) is 11.5 Å². The number of halogens is 1. The number of benzene rings is 1. The summed E-state index contributed by atoms with van der Waals surface area (Å²) in [6, 6.07) is 3.63. The standard InChI is InChI=1S/C16H17ClN4O3/c1-23-13-6-11(14(24-2)5-10(13)17)21-15-8-18-12(7-19-15)16(22)20-9-3-4-9/h5-9H,3-4H2,1-2H3,(H,19,21)(H,20,22). The second-order valence-electron chi connectivity index (χ2n) is 5.35. The van der Waals surface area contributed by atoms with E-state index in [9.17, 15) is 4.79 Å². The third-order valence-corrected chi connectivity index (χ3v) is 3.83. The van der Waals surface area contributed by atoms with Crippen LogP contribution in [-0.2, 0) is 0 Å². The van der Waals surface area contributed by atoms with E-state index in [1.165, 1.54) is 19.5 Å². The van der Waals surface area contributed by atoms with Crippen LogP contribution >= 0.6 is 11.6 Å². The van der Waals surface area contributed by atoms with Crippen molar-refractivity contribution < 1.29 is 14.3 Å². The number of ether oxygens (including phenoxy) is 2. The molecule has 0 bridgehead atoms. The van der Waals surface area contributed by atoms with Gasteiger partial charge in [0.25, 0.3) is 5.91 Å². The molecule has 3 rings (SSSR count). The van der Waals surface area contributed by atoms with Gasteiger partial charge in [0, 0.05) is 18.2 Å². The Morgan fingerprint density at radius 3 is 2.50 bits per heavy atom. The number of nitrogens with one attached hydrogen (secondary N) is 2. The Hall–Kier alpha value is -2.54. The van der Waals surface area contributed by atoms with E-state index in [1.807, 2.05) is 0 Å². The average Bonchev–Trinajstić information content (AvgIpc) is 3.40. The normalized spacial score (nSPS) is 13.3. The summed E-state index contributed by atoms with van der Waals surface area (Å²) in [4.78, 5) is 20.2. The highest BCUT2D eigenvalue weighted by Gasteiger charge is 2.24. The molecule has 0 unspecified atom stereocenters. The first-order chi connectivity index (χ1) is 11.6. The van der Waals surface area contributed by atoms with Crippen LogP contribution < -0.4 is 20.1 Å². The Labute approximate surface area is 144 Å². The molecule has 8 heteroatoms. The van der Waals surface area contributed by atoms with Gasteiger partial charge in [0.05, 0.1) is 37.3 Å². The highest BCUT2D eigenvalue weighted by molar-refractivity contribution is 6.32. The number of hydrogen-bond donors (Lipinski definition) is 2. The van der Waals surface area contributed by atoms with Gasteiger partial charge < -0.3 is 20.1 Å². The molecule has 1 aromatic carbocycles. The number of carbonyl (C=O) groups excluding carboxylic acids is 1. The summed E-state index contributed by atoms with van der Waals surface area (Å²) in [6.45, 7) is 0. The molecule has 1 aliphatic rings. The minimum atomic E-state index is -0.206. The van der Waals surface area contributed by atoms with Gasteiger partial charge in [-0.2, -0.15) is 0 Å². The van der Waals surface area contributed by atoms with Gasteiger partial charge in [0.15, 0.2) is 0 Å². The largest absolute Gasteiger partial charge is 0.495 e. The van der Waals surface area contributed by atoms with Crippen molar-refractivity contribution in [3.8, 4) is 11.5 Å². The highest BCUT2D eigenvalue weighted by atomic mass is 35.5. The Morgan fingerprint density at radius 1 is 1.17 bits per heavy atom. The van der Waals surface area contributed by atoms with E-state index < -0.39 is 0 Å². The Balaban J connectivity index is 1.76. The van der Waals surface area contributed by atoms with E-state index in [-0.39, 0.29) is 17.6 Å². The second kappa shape index (κ2) is 6.92. The molecule has 1 fully saturated rings. The van der Waals surface area contributed by atoms with Gasteiger partial charge in [0.2, 0.25) is 0 Å². The summed E-state index contributed by atoms with van der Waals surface area (Å²) >= 11 is 6.08. The van der Waals surface area contributed by atoms with E-state index in [0.717, 1.165) is 12.8 Å². The number of methoxy groups -OCH3 is 2. The van der Waals surface area contributed by atoms with Crippen LogP contribution in [0, 0.1) is 0 Å². The van der Waals surface area contributed by atoms with E-state index >= 15 is 0 Å². The van der Waals surface area contributed by atoms with Gasteiger partial charge in [-0.1, -0.05) is 11.6 Å². The molecule has 1 heterocycles. The fraction of sp³-hybridized carbons (Fsp3) is 0.312. The topological polar surface area (TPSA) is 85.4 Å². The van der Waals surface area contributed by atoms with Crippen molar-refractivity contribution in [1.82, 2.24) is 15.3 Å². The fourth-order valence-corrected chi connectivity index (χ4v) is 2.32. The molecular formula is C16H17ClN4O3. The summed E-state index contributed by atoms with van der Waals surface area (Å²) in [5, 5.41) is 6.38. The Kier molecular flexibility index (Phi) is 4.71. The monoisotopic (exact) mass is 348 g/mol. The molecule has 2 N–H and O–H groups in total. The Morgan fingerprint density at radius 2 is 1.92 bits per heavy atom. The summed E-state index contributed by atoms with van der Waals surface area (Å²) in [5.74, 6) is 1.31. The first kappa shape index (κ1) is 16.3. The molecule has 0 atom stereocenters. The smallest absolute Gasteiger partial charge is 0.271 e. The number of rotatable bonds is 6. The molecule has 2 aromatic rings. The third kappa shape index (κ3) is 3.68. The van der Waals surface area contributed by atoms with Crippen LogP contribution in [0.25, 0.3) is 0 Å². The van der Waals surface area contributed by atoms with E-state index in [0.29, 0.717) is 28.0 Å². The molecule has 0 aliphatic heterocycles. The van der Waals surface area contributed by atoms with Crippen molar-refractivity contribution in [2.24, 2.45) is 0 Å². The minimum Gasteiger partial charge on any atom is -0.495 e. The van der Waals surface area contributed by atoms with Gasteiger partial charge in [-0.3, -0.25) is 4.79 Å². The van der Waals surface area contributed by atoms with Crippen molar-refractivity contribution in [2.75, 3.05) is 19.5 Å². The lowest BCUT2D eigenvalue weighted by Gasteiger charge is -2.13.